The van der Waals surface area contributed by atoms with E-state index in [1.165, 1.54) is 0 Å². The van der Waals surface area contributed by atoms with Crippen molar-refractivity contribution in [3.05, 3.63) is 75.8 Å². The van der Waals surface area contributed by atoms with Crippen LogP contribution in [0.2, 0.25) is 0 Å². The van der Waals surface area contributed by atoms with Gasteiger partial charge in [0.05, 0.1) is 11.0 Å². The van der Waals surface area contributed by atoms with Crippen molar-refractivity contribution in [1.82, 2.24) is 10.3 Å². The van der Waals surface area contributed by atoms with Crippen molar-refractivity contribution in [3.63, 3.8) is 0 Å². The molecule has 0 bridgehead atoms. The van der Waals surface area contributed by atoms with E-state index >= 15 is 0 Å². The first-order valence-corrected chi connectivity index (χ1v) is 12.3. The van der Waals surface area contributed by atoms with E-state index in [0.29, 0.717) is 32.9 Å². The van der Waals surface area contributed by atoms with Gasteiger partial charge in [0, 0.05) is 23.1 Å². The molecule has 0 saturated heterocycles. The number of hydrogen-bond donors (Lipinski definition) is 2. The molecule has 0 radical (unpaired) electrons. The predicted octanol–water partition coefficient (Wildman–Crippen LogP) is 4.00. The van der Waals surface area contributed by atoms with E-state index in [1.807, 2.05) is 43.3 Å². The number of nitriles is 1. The van der Waals surface area contributed by atoms with Crippen LogP contribution in [0.1, 0.15) is 51.8 Å². The number of nitrogen functional groups attached to an aromatic ring is 2. The summed E-state index contributed by atoms with van der Waals surface area (Å²) in [5.74, 6) is -1.20. The molecule has 3 aromatic heterocycles. The molecule has 184 valence electrons. The van der Waals surface area contributed by atoms with E-state index in [1.54, 1.807) is 12.1 Å². The number of aryl methyl sites for hydroxylation is 1. The zero-order chi connectivity index (χ0) is 26.4. The minimum atomic E-state index is -0.892. The van der Waals surface area contributed by atoms with Gasteiger partial charge in [-0.2, -0.15) is 5.26 Å². The molecule has 0 aliphatic rings. The Morgan fingerprint density at radius 2 is 1.81 bits per heavy atom. The van der Waals surface area contributed by atoms with Crippen LogP contribution >= 0.6 is 11.3 Å². The van der Waals surface area contributed by atoms with E-state index in [4.69, 9.17) is 16.0 Å². The summed E-state index contributed by atoms with van der Waals surface area (Å²) in [6, 6.07) is 17.0. The molecule has 0 atom stereocenters. The second kappa shape index (κ2) is 9.04. The van der Waals surface area contributed by atoms with Gasteiger partial charge in [-0.3, -0.25) is 4.79 Å². The van der Waals surface area contributed by atoms with E-state index < -0.39 is 11.7 Å². The zero-order valence-electron chi connectivity index (χ0n) is 20.3. The van der Waals surface area contributed by atoms with Crippen molar-refractivity contribution in [3.8, 4) is 28.8 Å². The fourth-order valence-electron chi connectivity index (χ4n) is 4.18. The summed E-state index contributed by atoms with van der Waals surface area (Å²) >= 11 is 0.999. The average Bonchev–Trinajstić information content (AvgIpc) is 3.42. The van der Waals surface area contributed by atoms with Crippen LogP contribution in [-0.4, -0.2) is 16.0 Å². The van der Waals surface area contributed by atoms with Crippen LogP contribution in [0, 0.1) is 18.3 Å². The second-order valence-corrected chi connectivity index (χ2v) is 9.95. The summed E-state index contributed by atoms with van der Waals surface area (Å²) in [6.07, 6.45) is 0. The quantitative estimate of drug-likeness (QED) is 0.265. The summed E-state index contributed by atoms with van der Waals surface area (Å²) in [4.78, 5) is 18.5. The molecule has 37 heavy (non-hydrogen) atoms. The summed E-state index contributed by atoms with van der Waals surface area (Å²) < 4.78 is 5.99. The highest BCUT2D eigenvalue weighted by Crippen LogP contribution is 2.43. The first-order chi connectivity index (χ1) is 17.7. The minimum absolute atomic E-state index is 0.0300. The molecule has 9 nitrogen and oxygen atoms in total. The molecule has 10 heteroatoms. The lowest BCUT2D eigenvalue weighted by molar-refractivity contribution is -0.672. The number of hydrogen-bond acceptors (Lipinski definition) is 9. The Bertz CT molecular complexity index is 1710. The van der Waals surface area contributed by atoms with Crippen LogP contribution in [0.25, 0.3) is 27.0 Å². The lowest BCUT2D eigenvalue weighted by Gasteiger charge is -2.11. The molecular formula is C27H22N6O3S. The molecule has 4 N–H and O–H groups in total. The molecule has 0 aliphatic heterocycles. The third-order valence-corrected chi connectivity index (χ3v) is 7.29. The number of carbonyl (C=O) groups is 1. The summed E-state index contributed by atoms with van der Waals surface area (Å²) in [7, 11) is 0. The number of anilines is 2. The number of pyridine rings is 1. The first-order valence-electron chi connectivity index (χ1n) is 11.4. The number of fused-ring (bicyclic) bond motifs is 1. The van der Waals surface area contributed by atoms with Crippen LogP contribution in [0.4, 0.5) is 11.5 Å². The maximum Gasteiger partial charge on any atom is 0.312 e. The Hall–Kier alpha value is -4.75. The van der Waals surface area contributed by atoms with Crippen molar-refractivity contribution >= 4 is 38.8 Å². The number of nitrogens with zero attached hydrogens (tertiary/aromatic N) is 4. The molecule has 2 aromatic carbocycles. The molecular weight excluding hydrogens is 488 g/mol. The maximum absolute atomic E-state index is 13.7. The summed E-state index contributed by atoms with van der Waals surface area (Å²) in [6.45, 7) is 6.10. The minimum Gasteiger partial charge on any atom is -0.539 e. The molecule has 0 unspecified atom stereocenters. The van der Waals surface area contributed by atoms with E-state index in [-0.39, 0.29) is 27.6 Å². The molecule has 3 heterocycles. The van der Waals surface area contributed by atoms with Crippen molar-refractivity contribution < 1.29 is 19.1 Å². The van der Waals surface area contributed by atoms with Crippen LogP contribution in [0.15, 0.2) is 53.1 Å². The van der Waals surface area contributed by atoms with Gasteiger partial charge >= 0.3 is 5.69 Å². The highest BCUT2D eigenvalue weighted by atomic mass is 32.1. The van der Waals surface area contributed by atoms with E-state index in [2.05, 4.69) is 30.2 Å². The largest absolute Gasteiger partial charge is 0.539 e. The van der Waals surface area contributed by atoms with Crippen molar-refractivity contribution in [1.29, 1.82) is 5.26 Å². The molecule has 0 aliphatic carbocycles. The van der Waals surface area contributed by atoms with Gasteiger partial charge < -0.3 is 21.1 Å². The van der Waals surface area contributed by atoms with Crippen molar-refractivity contribution in [2.24, 2.45) is 0 Å². The predicted molar refractivity (Wildman–Crippen MR) is 138 cm³/mol. The van der Waals surface area contributed by atoms with Crippen molar-refractivity contribution in [2.45, 2.75) is 26.7 Å². The zero-order valence-corrected chi connectivity index (χ0v) is 21.1. The van der Waals surface area contributed by atoms with Crippen LogP contribution in [0.3, 0.4) is 0 Å². The SMILES string of the molecule is Cc1ccc(-[n+]2noc([O-])c2C(=O)c2sc3nc(N)c(C#N)c(-c4ccc(C(C)C)cc4)c3c2N)cc1. The maximum atomic E-state index is 13.7. The van der Waals surface area contributed by atoms with Gasteiger partial charge in [0.25, 0.3) is 5.78 Å². The fraction of sp³-hybridized carbons (Fsp3) is 0.148. The monoisotopic (exact) mass is 510 g/mol. The number of benzene rings is 2. The Kier molecular flexibility index (Phi) is 5.85. The Morgan fingerprint density at radius 1 is 1.14 bits per heavy atom. The highest BCUT2D eigenvalue weighted by molar-refractivity contribution is 7.21. The number of ketones is 1. The number of aromatic nitrogens is 3. The number of nitrogens with two attached hydrogens (primary N) is 2. The first kappa shape index (κ1) is 24.0. The van der Waals surface area contributed by atoms with E-state index in [9.17, 15) is 15.2 Å². The molecule has 0 saturated carbocycles. The molecule has 0 fully saturated rings. The van der Waals surface area contributed by atoms with Gasteiger partial charge in [-0.25, -0.2) is 4.98 Å². The lowest BCUT2D eigenvalue weighted by atomic mass is 9.94. The van der Waals surface area contributed by atoms with Gasteiger partial charge in [0.2, 0.25) is 5.69 Å². The van der Waals surface area contributed by atoms with Crippen LogP contribution in [0.5, 0.6) is 5.95 Å². The van der Waals surface area contributed by atoms with Gasteiger partial charge in [-0.15, -0.1) is 11.3 Å². The Balaban J connectivity index is 1.71. The second-order valence-electron chi connectivity index (χ2n) is 8.95. The Labute approximate surface area is 216 Å². The lowest BCUT2D eigenvalue weighted by Crippen LogP contribution is -2.39. The van der Waals surface area contributed by atoms with Gasteiger partial charge in [0.1, 0.15) is 27.2 Å². The Morgan fingerprint density at radius 3 is 2.43 bits per heavy atom. The summed E-state index contributed by atoms with van der Waals surface area (Å²) in [5.41, 5.74) is 16.5. The molecule has 5 aromatic rings. The molecule has 5 rings (SSSR count). The van der Waals surface area contributed by atoms with Gasteiger partial charge in [0.15, 0.2) is 5.95 Å². The third-order valence-electron chi connectivity index (χ3n) is 6.19. The smallest absolute Gasteiger partial charge is 0.312 e. The van der Waals surface area contributed by atoms with Gasteiger partial charge in [-0.1, -0.05) is 55.8 Å². The van der Waals surface area contributed by atoms with Crippen molar-refractivity contribution in [2.75, 3.05) is 11.5 Å². The average molecular weight is 511 g/mol. The topological polar surface area (TPSA) is 159 Å². The van der Waals surface area contributed by atoms with E-state index in [0.717, 1.165) is 27.1 Å². The van der Waals surface area contributed by atoms with Gasteiger partial charge in [-0.05, 0) is 28.7 Å². The molecule has 0 amide bonds. The number of carbonyl (C=O) groups excluding carboxylic acids is 1. The third kappa shape index (κ3) is 3.95. The summed E-state index contributed by atoms with van der Waals surface area (Å²) in [5, 5.41) is 26.7. The number of rotatable bonds is 5. The number of thiophene rings is 1. The molecule has 0 spiro atoms. The standard InChI is InChI=1S/C27H22N6O3S/c1-13(2)15-6-8-16(9-7-15)19-18(12-28)25(30)31-26-20(19)21(29)24(37-26)23(34)22-27(35)36-32-33(22)17-10-4-14(3)5-11-17/h4-11,13H,1-3H3,(H4-,29,30,31,32,34,35). The van der Waals surface area contributed by atoms with Crippen LogP contribution in [-0.2, 0) is 0 Å². The fourth-order valence-corrected chi connectivity index (χ4v) is 5.24. The van der Waals surface area contributed by atoms with Crippen LogP contribution < -0.4 is 21.3 Å². The normalized spacial score (nSPS) is 11.2. The highest BCUT2D eigenvalue weighted by Gasteiger charge is 2.33.